The molecule has 124 valence electrons. The first-order valence-electron chi connectivity index (χ1n) is 7.73. The predicted octanol–water partition coefficient (Wildman–Crippen LogP) is 2.80. The van der Waals surface area contributed by atoms with E-state index < -0.39 is 6.10 Å². The van der Waals surface area contributed by atoms with Crippen LogP contribution in [0.4, 0.5) is 11.4 Å². The second-order valence-corrected chi connectivity index (χ2v) is 5.63. The molecule has 2 aromatic carbocycles. The predicted molar refractivity (Wildman–Crippen MR) is 94.5 cm³/mol. The number of rotatable bonds is 5. The van der Waals surface area contributed by atoms with Gasteiger partial charge in [0.1, 0.15) is 11.5 Å². The second kappa shape index (κ2) is 6.66. The van der Waals surface area contributed by atoms with Crippen molar-refractivity contribution in [2.75, 3.05) is 24.3 Å². The molecule has 0 saturated heterocycles. The highest BCUT2D eigenvalue weighted by molar-refractivity contribution is 6.00. The first kappa shape index (κ1) is 15.9. The molecule has 0 aromatic heterocycles. The maximum atomic E-state index is 12.8. The summed E-state index contributed by atoms with van der Waals surface area (Å²) >= 11 is 0. The highest BCUT2D eigenvalue weighted by Gasteiger charge is 2.34. The highest BCUT2D eigenvalue weighted by atomic mass is 16.5. The van der Waals surface area contributed by atoms with E-state index in [1.54, 1.807) is 36.3 Å². The van der Waals surface area contributed by atoms with Crippen molar-refractivity contribution in [3.63, 3.8) is 0 Å². The van der Waals surface area contributed by atoms with E-state index in [2.05, 4.69) is 6.58 Å². The van der Waals surface area contributed by atoms with Crippen molar-refractivity contribution < 1.29 is 14.3 Å². The average molecular weight is 324 g/mol. The summed E-state index contributed by atoms with van der Waals surface area (Å²) in [6.07, 6.45) is 1.57. The average Bonchev–Trinajstić information content (AvgIpc) is 2.59. The SMILES string of the molecule is C=CCN1C(=O)C(Cc2cccc(OC)c2)Oc2ccc(N)cc21. The molecule has 24 heavy (non-hydrogen) atoms. The van der Waals surface area contributed by atoms with E-state index in [4.69, 9.17) is 15.2 Å². The molecule has 5 heteroatoms. The number of fused-ring (bicyclic) bond motifs is 1. The minimum atomic E-state index is -0.590. The smallest absolute Gasteiger partial charge is 0.268 e. The summed E-state index contributed by atoms with van der Waals surface area (Å²) < 4.78 is 11.2. The molecule has 3 rings (SSSR count). The number of nitrogens with two attached hydrogens (primary N) is 1. The van der Waals surface area contributed by atoms with E-state index >= 15 is 0 Å². The fraction of sp³-hybridized carbons (Fsp3) is 0.211. The number of benzene rings is 2. The van der Waals surface area contributed by atoms with Gasteiger partial charge in [-0.1, -0.05) is 18.2 Å². The van der Waals surface area contributed by atoms with Crippen molar-refractivity contribution in [3.05, 3.63) is 60.7 Å². The summed E-state index contributed by atoms with van der Waals surface area (Å²) in [7, 11) is 1.62. The van der Waals surface area contributed by atoms with E-state index in [0.717, 1.165) is 11.3 Å². The van der Waals surface area contributed by atoms with Crippen LogP contribution in [0.3, 0.4) is 0 Å². The summed E-state index contributed by atoms with van der Waals surface area (Å²) in [5.74, 6) is 1.31. The van der Waals surface area contributed by atoms with Gasteiger partial charge in [0.05, 0.1) is 12.8 Å². The van der Waals surface area contributed by atoms with Crippen LogP contribution in [0.15, 0.2) is 55.1 Å². The Morgan fingerprint density at radius 1 is 1.33 bits per heavy atom. The van der Waals surface area contributed by atoms with Crippen molar-refractivity contribution in [2.45, 2.75) is 12.5 Å². The number of methoxy groups -OCH3 is 1. The van der Waals surface area contributed by atoms with Crippen LogP contribution in [0.2, 0.25) is 0 Å². The Hall–Kier alpha value is -2.95. The number of hydrogen-bond donors (Lipinski definition) is 1. The normalized spacial score (nSPS) is 16.3. The van der Waals surface area contributed by atoms with Gasteiger partial charge < -0.3 is 20.1 Å². The quantitative estimate of drug-likeness (QED) is 0.678. The summed E-state index contributed by atoms with van der Waals surface area (Å²) in [6.45, 7) is 4.14. The topological polar surface area (TPSA) is 64.8 Å². The van der Waals surface area contributed by atoms with Crippen LogP contribution in [0, 0.1) is 0 Å². The fourth-order valence-corrected chi connectivity index (χ4v) is 2.80. The van der Waals surface area contributed by atoms with Crippen LogP contribution in [-0.4, -0.2) is 25.7 Å². The first-order valence-corrected chi connectivity index (χ1v) is 7.73. The molecule has 0 spiro atoms. The number of nitrogen functional groups attached to an aromatic ring is 1. The lowest BCUT2D eigenvalue weighted by Crippen LogP contribution is -2.47. The molecule has 0 bridgehead atoms. The van der Waals surface area contributed by atoms with E-state index in [1.807, 2.05) is 24.3 Å². The zero-order valence-electron chi connectivity index (χ0n) is 13.6. The van der Waals surface area contributed by atoms with Gasteiger partial charge in [-0.15, -0.1) is 6.58 Å². The maximum absolute atomic E-state index is 12.8. The van der Waals surface area contributed by atoms with E-state index in [1.165, 1.54) is 0 Å². The second-order valence-electron chi connectivity index (χ2n) is 5.63. The summed E-state index contributed by atoms with van der Waals surface area (Å²) in [6, 6.07) is 12.9. The van der Waals surface area contributed by atoms with Gasteiger partial charge in [0, 0.05) is 18.7 Å². The monoisotopic (exact) mass is 324 g/mol. The van der Waals surface area contributed by atoms with Gasteiger partial charge in [0.2, 0.25) is 0 Å². The Morgan fingerprint density at radius 2 is 2.17 bits per heavy atom. The first-order chi connectivity index (χ1) is 11.6. The molecular formula is C19H20N2O3. The minimum absolute atomic E-state index is 0.101. The molecule has 1 aliphatic rings. The molecule has 2 N–H and O–H groups in total. The van der Waals surface area contributed by atoms with E-state index in [-0.39, 0.29) is 5.91 Å². The van der Waals surface area contributed by atoms with Crippen molar-refractivity contribution in [2.24, 2.45) is 0 Å². The Kier molecular flexibility index (Phi) is 4.42. The third-order valence-electron chi connectivity index (χ3n) is 3.95. The van der Waals surface area contributed by atoms with Gasteiger partial charge in [0.25, 0.3) is 5.91 Å². The highest BCUT2D eigenvalue weighted by Crippen LogP contribution is 2.36. The summed E-state index contributed by atoms with van der Waals surface area (Å²) in [5, 5.41) is 0. The Balaban J connectivity index is 1.91. The molecule has 0 aliphatic carbocycles. The van der Waals surface area contributed by atoms with Gasteiger partial charge in [-0.2, -0.15) is 0 Å². The number of amides is 1. The largest absolute Gasteiger partial charge is 0.497 e. The molecule has 0 fully saturated rings. The van der Waals surface area contributed by atoms with E-state index in [9.17, 15) is 4.79 Å². The molecule has 2 aromatic rings. The van der Waals surface area contributed by atoms with Crippen LogP contribution in [-0.2, 0) is 11.2 Å². The van der Waals surface area contributed by atoms with Crippen LogP contribution in [0.25, 0.3) is 0 Å². The van der Waals surface area contributed by atoms with Crippen molar-refractivity contribution >= 4 is 17.3 Å². The standard InChI is InChI=1S/C19H20N2O3/c1-3-9-21-16-12-14(20)7-8-17(16)24-18(19(21)22)11-13-5-4-6-15(10-13)23-2/h3-8,10,12,18H,1,9,11,20H2,2H3. The molecule has 0 radical (unpaired) electrons. The van der Waals surface area contributed by atoms with Crippen LogP contribution >= 0.6 is 0 Å². The lowest BCUT2D eigenvalue weighted by atomic mass is 10.0. The Bertz CT molecular complexity index is 773. The van der Waals surface area contributed by atoms with Gasteiger partial charge in [-0.3, -0.25) is 4.79 Å². The summed E-state index contributed by atoms with van der Waals surface area (Å²) in [5.41, 5.74) is 8.09. The zero-order valence-corrected chi connectivity index (χ0v) is 13.6. The number of ether oxygens (including phenoxy) is 2. The molecular weight excluding hydrogens is 304 g/mol. The van der Waals surface area contributed by atoms with Crippen molar-refractivity contribution in [1.29, 1.82) is 0 Å². The van der Waals surface area contributed by atoms with Crippen LogP contribution < -0.4 is 20.1 Å². The molecule has 0 saturated carbocycles. The Morgan fingerprint density at radius 3 is 2.92 bits per heavy atom. The molecule has 1 heterocycles. The van der Waals surface area contributed by atoms with E-state index in [0.29, 0.717) is 30.1 Å². The third-order valence-corrected chi connectivity index (χ3v) is 3.95. The van der Waals surface area contributed by atoms with Crippen molar-refractivity contribution in [1.82, 2.24) is 0 Å². The van der Waals surface area contributed by atoms with Crippen LogP contribution in [0.1, 0.15) is 5.56 Å². The van der Waals surface area contributed by atoms with Gasteiger partial charge in [-0.05, 0) is 35.9 Å². The number of nitrogens with zero attached hydrogens (tertiary/aromatic N) is 1. The van der Waals surface area contributed by atoms with Gasteiger partial charge in [-0.25, -0.2) is 0 Å². The zero-order chi connectivity index (χ0) is 17.1. The molecule has 5 nitrogen and oxygen atoms in total. The number of anilines is 2. The van der Waals surface area contributed by atoms with Gasteiger partial charge >= 0.3 is 0 Å². The number of carbonyl (C=O) groups excluding carboxylic acids is 1. The lowest BCUT2D eigenvalue weighted by molar-refractivity contribution is -0.126. The molecule has 1 unspecified atom stereocenters. The minimum Gasteiger partial charge on any atom is -0.497 e. The summed E-state index contributed by atoms with van der Waals surface area (Å²) in [4.78, 5) is 14.5. The van der Waals surface area contributed by atoms with Gasteiger partial charge in [0.15, 0.2) is 6.10 Å². The maximum Gasteiger partial charge on any atom is 0.268 e. The third kappa shape index (κ3) is 3.06. The molecule has 1 atom stereocenters. The molecule has 1 aliphatic heterocycles. The number of carbonyl (C=O) groups is 1. The lowest BCUT2D eigenvalue weighted by Gasteiger charge is -2.34. The fourth-order valence-electron chi connectivity index (χ4n) is 2.80. The molecule has 1 amide bonds. The Labute approximate surface area is 141 Å². The van der Waals surface area contributed by atoms with Crippen molar-refractivity contribution in [3.8, 4) is 11.5 Å². The number of hydrogen-bond acceptors (Lipinski definition) is 4. The van der Waals surface area contributed by atoms with Crippen LogP contribution in [0.5, 0.6) is 11.5 Å².